The van der Waals surface area contributed by atoms with Gasteiger partial charge in [0.25, 0.3) is 0 Å². The molecule has 0 N–H and O–H groups in total. The van der Waals surface area contributed by atoms with E-state index in [0.717, 1.165) is 5.75 Å². The maximum Gasteiger partial charge on any atom is 0.188 e. The molecule has 0 heterocycles. The van der Waals surface area contributed by atoms with Gasteiger partial charge in [0.05, 0.1) is 0 Å². The number of hydrogen-bond donors (Lipinski definition) is 0. The van der Waals surface area contributed by atoms with Crippen molar-refractivity contribution >= 4 is 18.5 Å². The van der Waals surface area contributed by atoms with E-state index in [0.29, 0.717) is 0 Å². The Morgan fingerprint density at radius 1 is 0.885 bits per heavy atom. The predicted octanol–water partition coefficient (Wildman–Crippen LogP) is 5.01. The molecule has 0 aliphatic heterocycles. The molecule has 1 aliphatic rings. The van der Waals surface area contributed by atoms with E-state index in [1.807, 2.05) is 12.1 Å². The number of para-hydroxylation sites is 1. The third kappa shape index (κ3) is 3.49. The number of ether oxygens (including phenoxy) is 2. The zero-order valence-electron chi connectivity index (χ0n) is 16.0. The molecular formula is C23H27O2P. The van der Waals surface area contributed by atoms with Crippen LogP contribution in [-0.4, -0.2) is 19.1 Å². The molecule has 0 aromatic heterocycles. The highest BCUT2D eigenvalue weighted by molar-refractivity contribution is 7.75. The Hall–Kier alpha value is -1.89. The number of allylic oxidation sites excluding steroid dienone is 4. The molecule has 0 saturated heterocycles. The largest absolute Gasteiger partial charge is 0.467 e. The molecule has 0 bridgehead atoms. The van der Waals surface area contributed by atoms with Gasteiger partial charge in [-0.15, -0.1) is 0 Å². The van der Waals surface area contributed by atoms with Gasteiger partial charge >= 0.3 is 0 Å². The SMILES string of the molecule is COCOc1ccccc1P(c1ccccc1)C1(C(C)(C)C)C=CC=C1. The van der Waals surface area contributed by atoms with Crippen LogP contribution in [0.25, 0.3) is 0 Å². The lowest BCUT2D eigenvalue weighted by molar-refractivity contribution is 0.0519. The Bertz CT molecular complexity index is 775. The van der Waals surface area contributed by atoms with Crippen molar-refractivity contribution in [2.75, 3.05) is 13.9 Å². The zero-order chi connectivity index (χ0) is 18.6. The van der Waals surface area contributed by atoms with Crippen LogP contribution in [-0.2, 0) is 4.74 Å². The minimum Gasteiger partial charge on any atom is -0.467 e. The van der Waals surface area contributed by atoms with Gasteiger partial charge in [0.15, 0.2) is 6.79 Å². The van der Waals surface area contributed by atoms with Crippen molar-refractivity contribution in [3.63, 3.8) is 0 Å². The van der Waals surface area contributed by atoms with Crippen LogP contribution >= 0.6 is 7.92 Å². The van der Waals surface area contributed by atoms with Crippen molar-refractivity contribution in [3.05, 3.63) is 78.9 Å². The van der Waals surface area contributed by atoms with E-state index >= 15 is 0 Å². The number of rotatable bonds is 6. The average molecular weight is 366 g/mol. The van der Waals surface area contributed by atoms with E-state index < -0.39 is 7.92 Å². The molecule has 2 aromatic rings. The number of benzene rings is 2. The monoisotopic (exact) mass is 366 g/mol. The predicted molar refractivity (Wildman–Crippen MR) is 112 cm³/mol. The van der Waals surface area contributed by atoms with Crippen molar-refractivity contribution in [2.24, 2.45) is 5.41 Å². The van der Waals surface area contributed by atoms with Crippen LogP contribution in [0.4, 0.5) is 0 Å². The fourth-order valence-electron chi connectivity index (χ4n) is 3.46. The minimum absolute atomic E-state index is 0.0619. The van der Waals surface area contributed by atoms with Crippen LogP contribution in [0, 0.1) is 5.41 Å². The molecule has 3 rings (SSSR count). The summed E-state index contributed by atoms with van der Waals surface area (Å²) < 4.78 is 11.1. The Labute approximate surface area is 158 Å². The first kappa shape index (κ1) is 18.9. The Balaban J connectivity index is 2.21. The molecule has 0 amide bonds. The van der Waals surface area contributed by atoms with Crippen molar-refractivity contribution in [1.82, 2.24) is 0 Å². The third-order valence-electron chi connectivity index (χ3n) is 4.84. The Morgan fingerprint density at radius 3 is 2.12 bits per heavy atom. The van der Waals surface area contributed by atoms with Crippen LogP contribution in [0.1, 0.15) is 20.8 Å². The highest BCUT2D eigenvalue weighted by Crippen LogP contribution is 2.60. The maximum absolute atomic E-state index is 5.95. The summed E-state index contributed by atoms with van der Waals surface area (Å²) in [4.78, 5) is 0. The van der Waals surface area contributed by atoms with Crippen LogP contribution in [0.2, 0.25) is 0 Å². The molecule has 1 atom stereocenters. The number of methoxy groups -OCH3 is 1. The third-order valence-corrected chi connectivity index (χ3v) is 8.21. The highest BCUT2D eigenvalue weighted by Gasteiger charge is 2.47. The smallest absolute Gasteiger partial charge is 0.188 e. The molecule has 2 nitrogen and oxygen atoms in total. The van der Waals surface area contributed by atoms with Crippen molar-refractivity contribution < 1.29 is 9.47 Å². The molecule has 26 heavy (non-hydrogen) atoms. The standard InChI is InChI=1S/C23H27O2P/c1-22(2,3)23(16-10-11-17-23)26(19-12-6-5-7-13-19)21-15-9-8-14-20(21)25-18-24-4/h5-17H,18H2,1-4H3. The van der Waals surface area contributed by atoms with Gasteiger partial charge in [-0.1, -0.05) is 93.6 Å². The molecule has 3 heteroatoms. The molecule has 1 aliphatic carbocycles. The minimum atomic E-state index is -0.716. The highest BCUT2D eigenvalue weighted by atomic mass is 31.1. The van der Waals surface area contributed by atoms with Crippen LogP contribution in [0.3, 0.4) is 0 Å². The van der Waals surface area contributed by atoms with E-state index in [4.69, 9.17) is 9.47 Å². The van der Waals surface area contributed by atoms with E-state index in [1.54, 1.807) is 7.11 Å². The summed E-state index contributed by atoms with van der Waals surface area (Å²) >= 11 is 0. The van der Waals surface area contributed by atoms with Gasteiger partial charge in [0.2, 0.25) is 0 Å². The van der Waals surface area contributed by atoms with Gasteiger partial charge in [0.1, 0.15) is 5.75 Å². The molecular weight excluding hydrogens is 339 g/mol. The van der Waals surface area contributed by atoms with Crippen molar-refractivity contribution in [3.8, 4) is 5.75 Å². The topological polar surface area (TPSA) is 18.5 Å². The first-order chi connectivity index (χ1) is 12.5. The van der Waals surface area contributed by atoms with Crippen molar-refractivity contribution in [2.45, 2.75) is 25.9 Å². The van der Waals surface area contributed by atoms with Crippen LogP contribution in [0.15, 0.2) is 78.9 Å². The number of hydrogen-bond acceptors (Lipinski definition) is 2. The zero-order valence-corrected chi connectivity index (χ0v) is 16.9. The fraction of sp³-hybridized carbons (Fsp3) is 0.304. The van der Waals surface area contributed by atoms with Gasteiger partial charge in [-0.25, -0.2) is 0 Å². The van der Waals surface area contributed by atoms with E-state index in [9.17, 15) is 0 Å². The Kier molecular flexibility index (Phi) is 5.65. The molecule has 0 saturated carbocycles. The lowest BCUT2D eigenvalue weighted by atomic mass is 9.81. The van der Waals surface area contributed by atoms with Crippen LogP contribution in [0.5, 0.6) is 5.75 Å². The van der Waals surface area contributed by atoms with Gasteiger partial charge in [-0.05, 0) is 24.7 Å². The van der Waals surface area contributed by atoms with Gasteiger partial charge in [-0.2, -0.15) is 0 Å². The first-order valence-electron chi connectivity index (χ1n) is 8.93. The molecule has 0 radical (unpaired) electrons. The van der Waals surface area contributed by atoms with E-state index in [1.165, 1.54) is 10.6 Å². The van der Waals surface area contributed by atoms with Crippen LogP contribution < -0.4 is 15.3 Å². The molecule has 136 valence electrons. The summed E-state index contributed by atoms with van der Waals surface area (Å²) in [5.41, 5.74) is 0.0619. The summed E-state index contributed by atoms with van der Waals surface area (Å²) in [7, 11) is 0.939. The summed E-state index contributed by atoms with van der Waals surface area (Å²) in [5.74, 6) is 0.904. The molecule has 1 unspecified atom stereocenters. The normalized spacial score (nSPS) is 16.6. The van der Waals surface area contributed by atoms with E-state index in [2.05, 4.69) is 87.5 Å². The summed E-state index contributed by atoms with van der Waals surface area (Å²) in [6, 6.07) is 19.2. The molecule has 2 aromatic carbocycles. The first-order valence-corrected chi connectivity index (χ1v) is 10.3. The lowest BCUT2D eigenvalue weighted by Gasteiger charge is -2.46. The Morgan fingerprint density at radius 2 is 1.50 bits per heavy atom. The molecule has 0 fully saturated rings. The summed E-state index contributed by atoms with van der Waals surface area (Å²) in [6.07, 6.45) is 9.11. The van der Waals surface area contributed by atoms with E-state index in [-0.39, 0.29) is 17.4 Å². The average Bonchev–Trinajstić information content (AvgIpc) is 3.13. The molecule has 0 spiro atoms. The quantitative estimate of drug-likeness (QED) is 0.528. The van der Waals surface area contributed by atoms with Gasteiger partial charge in [0, 0.05) is 17.6 Å². The second-order valence-corrected chi connectivity index (χ2v) is 9.89. The van der Waals surface area contributed by atoms with Gasteiger partial charge < -0.3 is 9.47 Å². The lowest BCUT2D eigenvalue weighted by Crippen LogP contribution is -2.42. The van der Waals surface area contributed by atoms with Gasteiger partial charge in [-0.3, -0.25) is 0 Å². The second kappa shape index (κ2) is 7.78. The summed E-state index contributed by atoms with van der Waals surface area (Å²) in [5, 5.41) is 2.52. The maximum atomic E-state index is 5.95. The van der Waals surface area contributed by atoms with Crippen molar-refractivity contribution in [1.29, 1.82) is 0 Å². The second-order valence-electron chi connectivity index (χ2n) is 7.48. The fourth-order valence-corrected chi connectivity index (χ4v) is 6.77. The summed E-state index contributed by atoms with van der Waals surface area (Å²) in [6.45, 7) is 7.22.